The van der Waals surface area contributed by atoms with Gasteiger partial charge in [-0.2, -0.15) is 0 Å². The van der Waals surface area contributed by atoms with Crippen LogP contribution >= 0.6 is 0 Å². The van der Waals surface area contributed by atoms with Gasteiger partial charge in [-0.15, -0.1) is 0 Å². The number of nitrogens with zero attached hydrogens (tertiary/aromatic N) is 2. The van der Waals surface area contributed by atoms with Crippen molar-refractivity contribution in [3.05, 3.63) is 108 Å². The van der Waals surface area contributed by atoms with Crippen LogP contribution in [0.15, 0.2) is 91.1 Å². The SMILES string of the molecule is COC(=O)c1ccc(Cn2ccc3cc(OCc4ccc5ccccc5n4)ccc32)cc1. The van der Waals surface area contributed by atoms with Gasteiger partial charge in [0.05, 0.1) is 23.9 Å². The average molecular weight is 422 g/mol. The summed E-state index contributed by atoms with van der Waals surface area (Å²) >= 11 is 0. The summed E-state index contributed by atoms with van der Waals surface area (Å²) in [6.45, 7) is 1.13. The number of rotatable bonds is 6. The molecule has 158 valence electrons. The number of aromatic nitrogens is 2. The van der Waals surface area contributed by atoms with Crippen LogP contribution in [0.5, 0.6) is 5.75 Å². The number of fused-ring (bicyclic) bond motifs is 2. The Balaban J connectivity index is 1.29. The lowest BCUT2D eigenvalue weighted by molar-refractivity contribution is 0.0600. The number of para-hydroxylation sites is 1. The highest BCUT2D eigenvalue weighted by molar-refractivity contribution is 5.89. The second kappa shape index (κ2) is 8.55. The van der Waals surface area contributed by atoms with Crippen LogP contribution in [0, 0.1) is 0 Å². The van der Waals surface area contributed by atoms with Crippen molar-refractivity contribution in [1.82, 2.24) is 9.55 Å². The van der Waals surface area contributed by atoms with Crippen LogP contribution in [0.2, 0.25) is 0 Å². The predicted molar refractivity (Wildman–Crippen MR) is 125 cm³/mol. The molecule has 5 rings (SSSR count). The second-order valence-electron chi connectivity index (χ2n) is 7.64. The number of pyridine rings is 1. The van der Waals surface area contributed by atoms with Crippen molar-refractivity contribution in [3.8, 4) is 5.75 Å². The van der Waals surface area contributed by atoms with E-state index in [1.807, 2.05) is 48.5 Å². The van der Waals surface area contributed by atoms with E-state index in [1.54, 1.807) is 12.1 Å². The molecule has 0 amide bonds. The molecule has 3 aromatic carbocycles. The molecule has 0 fully saturated rings. The predicted octanol–water partition coefficient (Wildman–Crippen LogP) is 5.60. The maximum absolute atomic E-state index is 11.6. The third-order valence-corrected chi connectivity index (χ3v) is 5.51. The van der Waals surface area contributed by atoms with Crippen molar-refractivity contribution in [2.45, 2.75) is 13.2 Å². The standard InChI is InChI=1S/C27H22N2O3/c1-31-27(30)21-8-6-19(7-9-21)17-29-15-14-22-16-24(12-13-26(22)29)32-18-23-11-10-20-4-2-3-5-25(20)28-23/h2-16H,17-18H2,1H3. The molecule has 32 heavy (non-hydrogen) atoms. The molecule has 0 atom stereocenters. The van der Waals surface area contributed by atoms with Crippen molar-refractivity contribution in [2.24, 2.45) is 0 Å². The number of carbonyl (C=O) groups excluding carboxylic acids is 1. The Labute approximate surface area is 185 Å². The monoisotopic (exact) mass is 422 g/mol. The zero-order chi connectivity index (χ0) is 21.9. The minimum absolute atomic E-state index is 0.325. The molecule has 0 bridgehead atoms. The molecule has 5 nitrogen and oxygen atoms in total. The molecule has 5 heteroatoms. The van der Waals surface area contributed by atoms with E-state index in [2.05, 4.69) is 40.0 Å². The van der Waals surface area contributed by atoms with E-state index >= 15 is 0 Å². The van der Waals surface area contributed by atoms with Gasteiger partial charge in [0.1, 0.15) is 12.4 Å². The zero-order valence-corrected chi connectivity index (χ0v) is 17.7. The van der Waals surface area contributed by atoms with Crippen LogP contribution in [0.4, 0.5) is 0 Å². The first kappa shape index (κ1) is 19.8. The molecular weight excluding hydrogens is 400 g/mol. The molecule has 0 aliphatic heterocycles. The van der Waals surface area contributed by atoms with E-state index in [4.69, 9.17) is 9.47 Å². The summed E-state index contributed by atoms with van der Waals surface area (Å²) in [7, 11) is 1.39. The van der Waals surface area contributed by atoms with Crippen LogP contribution in [0.25, 0.3) is 21.8 Å². The number of benzene rings is 3. The van der Waals surface area contributed by atoms with Crippen molar-refractivity contribution >= 4 is 27.8 Å². The highest BCUT2D eigenvalue weighted by Gasteiger charge is 2.07. The molecule has 0 aliphatic carbocycles. The van der Waals surface area contributed by atoms with Gasteiger partial charge in [0.15, 0.2) is 0 Å². The molecule has 0 saturated heterocycles. The molecule has 2 aromatic heterocycles. The number of carbonyl (C=O) groups is 1. The Kier molecular flexibility index (Phi) is 5.30. The van der Waals surface area contributed by atoms with E-state index < -0.39 is 0 Å². The first-order valence-corrected chi connectivity index (χ1v) is 10.4. The third-order valence-electron chi connectivity index (χ3n) is 5.51. The summed E-state index contributed by atoms with van der Waals surface area (Å²) in [5.74, 6) is 0.488. The number of ether oxygens (including phenoxy) is 2. The van der Waals surface area contributed by atoms with Gasteiger partial charge >= 0.3 is 5.97 Å². The minimum atomic E-state index is -0.325. The lowest BCUT2D eigenvalue weighted by atomic mass is 10.1. The van der Waals surface area contributed by atoms with Crippen molar-refractivity contribution < 1.29 is 14.3 Å². The lowest BCUT2D eigenvalue weighted by Crippen LogP contribution is -2.02. The molecule has 0 N–H and O–H groups in total. The molecule has 5 aromatic rings. The molecule has 0 saturated carbocycles. The lowest BCUT2D eigenvalue weighted by Gasteiger charge is -2.09. The van der Waals surface area contributed by atoms with Crippen LogP contribution in [0.1, 0.15) is 21.6 Å². The first-order valence-electron chi connectivity index (χ1n) is 10.4. The smallest absolute Gasteiger partial charge is 0.337 e. The first-order chi connectivity index (χ1) is 15.7. The number of methoxy groups -OCH3 is 1. The minimum Gasteiger partial charge on any atom is -0.487 e. The van der Waals surface area contributed by atoms with Gasteiger partial charge in [0.25, 0.3) is 0 Å². The Hall–Kier alpha value is -4.12. The largest absolute Gasteiger partial charge is 0.487 e. The topological polar surface area (TPSA) is 53.4 Å². The van der Waals surface area contributed by atoms with Gasteiger partial charge in [-0.05, 0) is 54.1 Å². The van der Waals surface area contributed by atoms with Gasteiger partial charge in [-0.1, -0.05) is 36.4 Å². The summed E-state index contributed by atoms with van der Waals surface area (Å²) in [4.78, 5) is 16.3. The Morgan fingerprint density at radius 2 is 1.75 bits per heavy atom. The molecule has 0 radical (unpaired) electrons. The molecular formula is C27H22N2O3. The fraction of sp³-hybridized carbons (Fsp3) is 0.111. The van der Waals surface area contributed by atoms with Gasteiger partial charge in [0.2, 0.25) is 0 Å². The van der Waals surface area contributed by atoms with Crippen LogP contribution in [-0.4, -0.2) is 22.6 Å². The molecule has 0 aliphatic rings. The zero-order valence-electron chi connectivity index (χ0n) is 17.7. The summed E-state index contributed by atoms with van der Waals surface area (Å²) < 4.78 is 12.9. The van der Waals surface area contributed by atoms with Gasteiger partial charge in [0, 0.05) is 29.0 Å². The maximum Gasteiger partial charge on any atom is 0.337 e. The molecule has 2 heterocycles. The number of esters is 1. The fourth-order valence-corrected chi connectivity index (χ4v) is 3.81. The normalized spacial score (nSPS) is 11.0. The fourth-order valence-electron chi connectivity index (χ4n) is 3.81. The average Bonchev–Trinajstić information content (AvgIpc) is 3.24. The summed E-state index contributed by atoms with van der Waals surface area (Å²) in [6, 6.07) is 27.8. The quantitative estimate of drug-likeness (QED) is 0.334. The van der Waals surface area contributed by atoms with Gasteiger partial charge < -0.3 is 14.0 Å². The second-order valence-corrected chi connectivity index (χ2v) is 7.64. The van der Waals surface area contributed by atoms with Crippen LogP contribution in [0.3, 0.4) is 0 Å². The van der Waals surface area contributed by atoms with E-state index in [-0.39, 0.29) is 5.97 Å². The van der Waals surface area contributed by atoms with E-state index in [9.17, 15) is 4.79 Å². The number of hydrogen-bond donors (Lipinski definition) is 0. The Morgan fingerprint density at radius 1 is 0.906 bits per heavy atom. The van der Waals surface area contributed by atoms with Crippen molar-refractivity contribution in [2.75, 3.05) is 7.11 Å². The Morgan fingerprint density at radius 3 is 2.59 bits per heavy atom. The summed E-state index contributed by atoms with van der Waals surface area (Å²) in [5.41, 5.74) is 4.66. The summed E-state index contributed by atoms with van der Waals surface area (Å²) in [6.07, 6.45) is 2.06. The molecule has 0 spiro atoms. The highest BCUT2D eigenvalue weighted by Crippen LogP contribution is 2.24. The van der Waals surface area contributed by atoms with Gasteiger partial charge in [-0.3, -0.25) is 0 Å². The van der Waals surface area contributed by atoms with Crippen molar-refractivity contribution in [1.29, 1.82) is 0 Å². The van der Waals surface area contributed by atoms with Crippen molar-refractivity contribution in [3.63, 3.8) is 0 Å². The van der Waals surface area contributed by atoms with E-state index in [1.165, 1.54) is 7.11 Å². The molecule has 0 unspecified atom stereocenters. The van der Waals surface area contributed by atoms with E-state index in [0.29, 0.717) is 18.7 Å². The number of hydrogen-bond acceptors (Lipinski definition) is 4. The Bertz CT molecular complexity index is 1400. The van der Waals surface area contributed by atoms with Crippen LogP contribution in [-0.2, 0) is 17.9 Å². The van der Waals surface area contributed by atoms with E-state index in [0.717, 1.165) is 38.8 Å². The maximum atomic E-state index is 11.6. The summed E-state index contributed by atoms with van der Waals surface area (Å²) in [5, 5.41) is 2.24. The third kappa shape index (κ3) is 4.05. The van der Waals surface area contributed by atoms with Crippen LogP contribution < -0.4 is 4.74 Å². The highest BCUT2D eigenvalue weighted by atomic mass is 16.5. The van der Waals surface area contributed by atoms with Gasteiger partial charge in [-0.25, -0.2) is 9.78 Å².